The van der Waals surface area contributed by atoms with Crippen LogP contribution in [0.3, 0.4) is 0 Å². The first kappa shape index (κ1) is 53.1. The number of unbranched alkanes of at least 4 members (excludes halogenated alkanes) is 1. The number of rotatable bonds is 32. The Hall–Kier alpha value is -6.03. The number of hydrogen-bond acceptors (Lipinski definition) is 12. The molecule has 1 saturated carbocycles. The van der Waals surface area contributed by atoms with E-state index in [1.165, 1.54) is 6.92 Å². The predicted molar refractivity (Wildman–Crippen MR) is 223 cm³/mol. The fourth-order valence-electron chi connectivity index (χ4n) is 6.42. The standard InChI is InChI=1S/C40H61N9O14/c1-26(50)42-17-19-62-21-23-63-22-20-61-18-15-34(51)44-25-28-5-9-29(10-6-28)36(54)45-33(24-27-7-11-30(12-8-27)48-49-41)37(55)43-16-3-2-4-31(38(56)57)46-40(60)47-32(39(58)59)13-14-35(52)53/h7-8,11-12,28-29,31-33H,2-6,9-10,13-25H2,1H3,(H,42,50)(H,43,55)(H,44,51)(H,45,54)(H,52,53)(H,56,57)(H,58,59)(H2,46,47,60)/t28?,29?,31-,32-,33-/m0/s1. The normalized spacial score (nSPS) is 15.9. The summed E-state index contributed by atoms with van der Waals surface area (Å²) in [4.78, 5) is 99.1. The van der Waals surface area contributed by atoms with E-state index < -0.39 is 60.8 Å². The molecule has 350 valence electrons. The lowest BCUT2D eigenvalue weighted by Crippen LogP contribution is -2.51. The molecule has 23 nitrogen and oxygen atoms in total. The topological polar surface area (TPSA) is 346 Å². The largest absolute Gasteiger partial charge is 0.481 e. The zero-order valence-electron chi connectivity index (χ0n) is 35.5. The van der Waals surface area contributed by atoms with Crippen molar-refractivity contribution in [2.75, 3.05) is 59.3 Å². The molecule has 1 fully saturated rings. The molecule has 0 saturated heterocycles. The van der Waals surface area contributed by atoms with Gasteiger partial charge in [0.05, 0.1) is 39.6 Å². The molecule has 0 spiro atoms. The molecule has 3 atom stereocenters. The lowest BCUT2D eigenvalue weighted by Gasteiger charge is -2.29. The van der Waals surface area contributed by atoms with Crippen LogP contribution in [0.15, 0.2) is 29.4 Å². The summed E-state index contributed by atoms with van der Waals surface area (Å²) in [6.07, 6.45) is 2.34. The van der Waals surface area contributed by atoms with Crippen molar-refractivity contribution in [3.63, 3.8) is 0 Å². The number of benzene rings is 1. The van der Waals surface area contributed by atoms with Gasteiger partial charge in [-0.05, 0) is 68.4 Å². The summed E-state index contributed by atoms with van der Waals surface area (Å²) in [5, 5.41) is 46.7. The molecule has 0 radical (unpaired) electrons. The van der Waals surface area contributed by atoms with Crippen molar-refractivity contribution in [1.82, 2.24) is 31.9 Å². The van der Waals surface area contributed by atoms with Gasteiger partial charge in [-0.1, -0.05) is 29.4 Å². The molecular formula is C40H61N9O14. The van der Waals surface area contributed by atoms with Crippen LogP contribution in [0.1, 0.15) is 76.7 Å². The van der Waals surface area contributed by atoms with Crippen LogP contribution in [-0.4, -0.2) is 140 Å². The number of carbonyl (C=O) groups is 8. The van der Waals surface area contributed by atoms with Crippen LogP contribution in [-0.2, 0) is 54.2 Å². The molecule has 0 aromatic heterocycles. The third-order valence-corrected chi connectivity index (χ3v) is 9.89. The second-order valence-corrected chi connectivity index (χ2v) is 14.8. The fourth-order valence-corrected chi connectivity index (χ4v) is 6.42. The summed E-state index contributed by atoms with van der Waals surface area (Å²) in [5.74, 6) is -5.33. The minimum Gasteiger partial charge on any atom is -0.481 e. The number of carboxylic acids is 3. The highest BCUT2D eigenvalue weighted by Crippen LogP contribution is 2.29. The van der Waals surface area contributed by atoms with Crippen LogP contribution in [0.2, 0.25) is 0 Å². The SMILES string of the molecule is CC(=O)NCCOCCOCCOCCC(=O)NCC1CCC(C(=O)N[C@@H](Cc2ccc(N=[N+]=[N-])cc2)C(=O)NCCCC[C@H](NC(=O)N[C@@H](CCC(=O)O)C(=O)O)C(=O)O)CC1. The smallest absolute Gasteiger partial charge is 0.326 e. The first-order chi connectivity index (χ1) is 30.2. The highest BCUT2D eigenvalue weighted by molar-refractivity contribution is 5.89. The van der Waals surface area contributed by atoms with E-state index in [2.05, 4.69) is 41.9 Å². The molecule has 9 N–H and O–H groups in total. The number of carbonyl (C=O) groups excluding carboxylic acids is 5. The van der Waals surface area contributed by atoms with E-state index in [0.717, 1.165) is 0 Å². The fraction of sp³-hybridized carbons (Fsp3) is 0.650. The molecule has 0 aliphatic heterocycles. The Balaban J connectivity index is 1.79. The maximum Gasteiger partial charge on any atom is 0.326 e. The van der Waals surface area contributed by atoms with Crippen LogP contribution >= 0.6 is 0 Å². The van der Waals surface area contributed by atoms with Gasteiger partial charge in [0.1, 0.15) is 18.1 Å². The van der Waals surface area contributed by atoms with Crippen LogP contribution in [0.4, 0.5) is 10.5 Å². The third-order valence-electron chi connectivity index (χ3n) is 9.89. The number of hydrogen-bond donors (Lipinski definition) is 9. The van der Waals surface area contributed by atoms with E-state index in [4.69, 9.17) is 24.8 Å². The maximum atomic E-state index is 13.5. The van der Waals surface area contributed by atoms with Gasteiger partial charge in [0, 0.05) is 62.3 Å². The second kappa shape index (κ2) is 30.9. The second-order valence-electron chi connectivity index (χ2n) is 14.8. The monoisotopic (exact) mass is 891 g/mol. The van der Waals surface area contributed by atoms with Crippen molar-refractivity contribution in [2.24, 2.45) is 17.0 Å². The van der Waals surface area contributed by atoms with Crippen molar-refractivity contribution in [1.29, 1.82) is 0 Å². The third kappa shape index (κ3) is 24.3. The molecule has 1 aliphatic rings. The summed E-state index contributed by atoms with van der Waals surface area (Å²) in [7, 11) is 0. The predicted octanol–water partition coefficient (Wildman–Crippen LogP) is 1.51. The van der Waals surface area contributed by atoms with Crippen LogP contribution in [0.25, 0.3) is 10.4 Å². The molecule has 23 heteroatoms. The Labute approximate surface area is 364 Å². The average molecular weight is 892 g/mol. The zero-order chi connectivity index (χ0) is 46.4. The minimum atomic E-state index is -1.54. The van der Waals surface area contributed by atoms with Gasteiger partial charge in [0.15, 0.2) is 0 Å². The van der Waals surface area contributed by atoms with Crippen molar-refractivity contribution in [3.05, 3.63) is 40.3 Å². The highest BCUT2D eigenvalue weighted by atomic mass is 16.5. The molecule has 0 bridgehead atoms. The van der Waals surface area contributed by atoms with Gasteiger partial charge in [-0.3, -0.25) is 24.0 Å². The number of azide groups is 1. The van der Waals surface area contributed by atoms with Crippen molar-refractivity contribution >= 4 is 53.3 Å². The summed E-state index contributed by atoms with van der Waals surface area (Å²) in [5.41, 5.74) is 9.79. The van der Waals surface area contributed by atoms with Crippen molar-refractivity contribution in [3.8, 4) is 0 Å². The number of aliphatic carboxylic acids is 3. The molecule has 1 aromatic carbocycles. The average Bonchev–Trinajstić information content (AvgIpc) is 3.24. The molecular weight excluding hydrogens is 830 g/mol. The maximum absolute atomic E-state index is 13.5. The summed E-state index contributed by atoms with van der Waals surface area (Å²) in [6, 6.07) is 1.51. The number of amides is 6. The van der Waals surface area contributed by atoms with Gasteiger partial charge < -0.3 is 61.4 Å². The zero-order valence-corrected chi connectivity index (χ0v) is 35.5. The lowest BCUT2D eigenvalue weighted by atomic mass is 9.81. The van der Waals surface area contributed by atoms with E-state index >= 15 is 0 Å². The van der Waals surface area contributed by atoms with E-state index in [1.54, 1.807) is 24.3 Å². The highest BCUT2D eigenvalue weighted by Gasteiger charge is 2.30. The molecule has 0 unspecified atom stereocenters. The number of urea groups is 1. The summed E-state index contributed by atoms with van der Waals surface area (Å²) in [6.45, 7) is 4.53. The van der Waals surface area contributed by atoms with Crippen LogP contribution < -0.4 is 31.9 Å². The molecule has 1 aliphatic carbocycles. The Morgan fingerprint density at radius 3 is 1.90 bits per heavy atom. The van der Waals surface area contributed by atoms with E-state index in [9.17, 15) is 48.6 Å². The molecule has 1 aromatic rings. The van der Waals surface area contributed by atoms with Gasteiger partial charge in [-0.15, -0.1) is 0 Å². The molecule has 2 rings (SSSR count). The quantitative estimate of drug-likeness (QED) is 0.0214. The number of carboxylic acid groups (broad SMARTS) is 3. The van der Waals surface area contributed by atoms with Crippen molar-refractivity contribution < 1.29 is 67.9 Å². The van der Waals surface area contributed by atoms with Crippen LogP contribution in [0, 0.1) is 11.8 Å². The number of nitrogens with zero attached hydrogens (tertiary/aromatic N) is 3. The lowest BCUT2D eigenvalue weighted by molar-refractivity contribution is -0.141. The van der Waals surface area contributed by atoms with Crippen molar-refractivity contribution in [2.45, 2.75) is 95.7 Å². The summed E-state index contributed by atoms with van der Waals surface area (Å²) < 4.78 is 16.2. The molecule has 0 heterocycles. The van der Waals surface area contributed by atoms with Gasteiger partial charge in [-0.25, -0.2) is 14.4 Å². The summed E-state index contributed by atoms with van der Waals surface area (Å²) >= 11 is 0. The Morgan fingerprint density at radius 2 is 1.32 bits per heavy atom. The molecule has 6 amide bonds. The first-order valence-corrected chi connectivity index (χ1v) is 20.9. The Bertz CT molecular complexity index is 1690. The van der Waals surface area contributed by atoms with Gasteiger partial charge in [0.25, 0.3) is 0 Å². The Kier molecular flexibility index (Phi) is 26.1. The molecule has 63 heavy (non-hydrogen) atoms. The van der Waals surface area contributed by atoms with Gasteiger partial charge in [-0.2, -0.15) is 0 Å². The minimum absolute atomic E-state index is 0.0671. The Morgan fingerprint density at radius 1 is 0.714 bits per heavy atom. The number of nitrogens with one attached hydrogen (secondary N) is 6. The number of ether oxygens (including phenoxy) is 3. The first-order valence-electron chi connectivity index (χ1n) is 20.9. The van der Waals surface area contributed by atoms with E-state index in [1.807, 2.05) is 0 Å². The van der Waals surface area contributed by atoms with E-state index in [0.29, 0.717) is 89.5 Å². The van der Waals surface area contributed by atoms with Gasteiger partial charge in [0.2, 0.25) is 23.6 Å². The van der Waals surface area contributed by atoms with E-state index in [-0.39, 0.29) is 68.4 Å². The van der Waals surface area contributed by atoms with Gasteiger partial charge >= 0.3 is 23.9 Å². The van der Waals surface area contributed by atoms with Crippen LogP contribution in [0.5, 0.6) is 0 Å².